The van der Waals surface area contributed by atoms with Crippen LogP contribution in [0.1, 0.15) is 39.3 Å². The molecule has 0 bridgehead atoms. The van der Waals surface area contributed by atoms with Crippen LogP contribution in [0.4, 0.5) is 5.13 Å². The first-order chi connectivity index (χ1) is 9.18. The quantitative estimate of drug-likeness (QED) is 0.899. The predicted octanol–water partition coefficient (Wildman–Crippen LogP) is 2.92. The third-order valence-electron chi connectivity index (χ3n) is 4.86. The lowest BCUT2D eigenvalue weighted by atomic mass is 9.65. The van der Waals surface area contributed by atoms with Crippen LogP contribution in [0.25, 0.3) is 0 Å². The fraction of sp³-hybridized carbons (Fsp3) is 0.643. The molecule has 1 amide bonds. The number of hydrogen-bond donors (Lipinski definition) is 2. The molecule has 1 aromatic heterocycles. The van der Waals surface area contributed by atoms with Gasteiger partial charge >= 0.3 is 5.97 Å². The van der Waals surface area contributed by atoms with Gasteiger partial charge in [0.15, 0.2) is 5.13 Å². The Morgan fingerprint density at radius 3 is 2.55 bits per heavy atom. The second-order valence-electron chi connectivity index (χ2n) is 6.23. The van der Waals surface area contributed by atoms with Crippen molar-refractivity contribution in [3.8, 4) is 0 Å². The van der Waals surface area contributed by atoms with Gasteiger partial charge in [-0.2, -0.15) is 0 Å². The fourth-order valence-electron chi connectivity index (χ4n) is 2.95. The Bertz CT molecular complexity index is 552. The van der Waals surface area contributed by atoms with Gasteiger partial charge in [-0.05, 0) is 32.1 Å². The molecular weight excluding hydrogens is 276 g/mol. The highest BCUT2D eigenvalue weighted by Gasteiger charge is 2.58. The Labute approximate surface area is 122 Å². The predicted molar refractivity (Wildman–Crippen MR) is 77.7 cm³/mol. The number of amides is 1. The van der Waals surface area contributed by atoms with E-state index in [2.05, 4.69) is 10.3 Å². The molecule has 20 heavy (non-hydrogen) atoms. The minimum Gasteiger partial charge on any atom is -0.481 e. The number of carboxylic acid groups (broad SMARTS) is 1. The van der Waals surface area contributed by atoms with Crippen molar-refractivity contribution in [2.45, 2.75) is 40.5 Å². The highest BCUT2D eigenvalue weighted by molar-refractivity contribution is 7.13. The molecule has 1 fully saturated rings. The highest BCUT2D eigenvalue weighted by Crippen LogP contribution is 2.56. The lowest BCUT2D eigenvalue weighted by Gasteiger charge is -2.37. The van der Waals surface area contributed by atoms with Crippen LogP contribution in [-0.2, 0) is 9.59 Å². The summed E-state index contributed by atoms with van der Waals surface area (Å²) in [6.07, 6.45) is 1.11. The molecule has 0 saturated heterocycles. The van der Waals surface area contributed by atoms with E-state index in [-0.39, 0.29) is 11.8 Å². The number of aryl methyl sites for hydroxylation is 1. The summed E-state index contributed by atoms with van der Waals surface area (Å²) >= 11 is 1.38. The summed E-state index contributed by atoms with van der Waals surface area (Å²) < 4.78 is 0. The number of hydrogen-bond acceptors (Lipinski definition) is 4. The smallest absolute Gasteiger partial charge is 0.309 e. The molecule has 6 heteroatoms. The number of aromatic nitrogens is 1. The summed E-state index contributed by atoms with van der Waals surface area (Å²) in [7, 11) is 0. The van der Waals surface area contributed by atoms with E-state index in [1.165, 1.54) is 11.3 Å². The third kappa shape index (κ3) is 2.22. The average Bonchev–Trinajstić information content (AvgIpc) is 2.83. The number of rotatable bonds is 3. The van der Waals surface area contributed by atoms with Crippen LogP contribution in [0.2, 0.25) is 0 Å². The minimum atomic E-state index is -0.867. The van der Waals surface area contributed by atoms with Gasteiger partial charge in [-0.25, -0.2) is 4.98 Å². The second kappa shape index (κ2) is 4.84. The van der Waals surface area contributed by atoms with E-state index < -0.39 is 16.8 Å². The lowest BCUT2D eigenvalue weighted by molar-refractivity contribution is -0.154. The number of thiazole rings is 1. The second-order valence-corrected chi connectivity index (χ2v) is 7.09. The Hall–Kier alpha value is -1.43. The van der Waals surface area contributed by atoms with Crippen molar-refractivity contribution < 1.29 is 14.7 Å². The molecule has 5 nitrogen and oxygen atoms in total. The minimum absolute atomic E-state index is 0.130. The molecule has 1 aliphatic carbocycles. The van der Waals surface area contributed by atoms with Gasteiger partial charge in [-0.3, -0.25) is 9.59 Å². The number of nitrogens with zero attached hydrogens (tertiary/aromatic N) is 1. The van der Waals surface area contributed by atoms with Crippen LogP contribution in [-0.4, -0.2) is 22.0 Å². The molecule has 2 rings (SSSR count). The van der Waals surface area contributed by atoms with Crippen LogP contribution < -0.4 is 5.32 Å². The van der Waals surface area contributed by atoms with E-state index in [0.29, 0.717) is 18.0 Å². The molecule has 2 N–H and O–H groups in total. The monoisotopic (exact) mass is 296 g/mol. The first-order valence-corrected chi connectivity index (χ1v) is 7.53. The number of nitrogens with one attached hydrogen (secondary N) is 1. The van der Waals surface area contributed by atoms with Crippen molar-refractivity contribution in [2.24, 2.45) is 16.7 Å². The van der Waals surface area contributed by atoms with E-state index >= 15 is 0 Å². The van der Waals surface area contributed by atoms with Gasteiger partial charge in [0.25, 0.3) is 0 Å². The van der Waals surface area contributed by atoms with Crippen molar-refractivity contribution in [3.63, 3.8) is 0 Å². The lowest BCUT2D eigenvalue weighted by Crippen LogP contribution is -2.43. The Balaban J connectivity index is 2.18. The Morgan fingerprint density at radius 2 is 2.10 bits per heavy atom. The zero-order valence-corrected chi connectivity index (χ0v) is 13.0. The molecule has 0 spiro atoms. The molecule has 110 valence electrons. The molecule has 0 aromatic carbocycles. The van der Waals surface area contributed by atoms with Crippen molar-refractivity contribution in [2.75, 3.05) is 5.32 Å². The van der Waals surface area contributed by atoms with E-state index in [0.717, 1.165) is 5.69 Å². The van der Waals surface area contributed by atoms with Gasteiger partial charge in [0.1, 0.15) is 0 Å². The molecule has 1 aliphatic rings. The van der Waals surface area contributed by atoms with Gasteiger partial charge < -0.3 is 10.4 Å². The van der Waals surface area contributed by atoms with Gasteiger partial charge in [0, 0.05) is 11.3 Å². The maximum absolute atomic E-state index is 12.4. The number of aliphatic carboxylic acids is 1. The molecule has 0 aliphatic heterocycles. The van der Waals surface area contributed by atoms with E-state index in [9.17, 15) is 14.7 Å². The van der Waals surface area contributed by atoms with Crippen LogP contribution in [0.15, 0.2) is 5.38 Å². The average molecular weight is 296 g/mol. The topological polar surface area (TPSA) is 79.3 Å². The summed E-state index contributed by atoms with van der Waals surface area (Å²) in [6, 6.07) is 0. The Morgan fingerprint density at radius 1 is 1.45 bits per heavy atom. The van der Waals surface area contributed by atoms with Crippen molar-refractivity contribution >= 4 is 28.3 Å². The van der Waals surface area contributed by atoms with Crippen LogP contribution in [0.3, 0.4) is 0 Å². The zero-order valence-electron chi connectivity index (χ0n) is 12.2. The summed E-state index contributed by atoms with van der Waals surface area (Å²) in [6.45, 7) is 7.33. The SMILES string of the molecule is Cc1csc(NC(=O)[C@@H]2CC[C@@](C)(C(=O)O)C2(C)C)n1. The Kier molecular flexibility index (Phi) is 3.62. The number of carbonyl (C=O) groups excluding carboxylic acids is 1. The highest BCUT2D eigenvalue weighted by atomic mass is 32.1. The number of carboxylic acids is 1. The van der Waals surface area contributed by atoms with Gasteiger partial charge in [0.05, 0.1) is 11.1 Å². The first kappa shape index (κ1) is 15.0. The summed E-state index contributed by atoms with van der Waals surface area (Å²) in [5.74, 6) is -1.27. The third-order valence-corrected chi connectivity index (χ3v) is 5.74. The van der Waals surface area contributed by atoms with Crippen LogP contribution in [0, 0.1) is 23.7 Å². The van der Waals surface area contributed by atoms with Gasteiger partial charge in [-0.15, -0.1) is 11.3 Å². The normalized spacial score (nSPS) is 28.3. The van der Waals surface area contributed by atoms with Crippen molar-refractivity contribution in [3.05, 3.63) is 11.1 Å². The molecule has 0 unspecified atom stereocenters. The molecule has 0 radical (unpaired) electrons. The number of carbonyl (C=O) groups is 2. The first-order valence-electron chi connectivity index (χ1n) is 6.65. The van der Waals surface area contributed by atoms with Crippen molar-refractivity contribution in [1.29, 1.82) is 0 Å². The van der Waals surface area contributed by atoms with E-state index in [1.807, 2.05) is 26.2 Å². The zero-order chi connectivity index (χ0) is 15.1. The van der Waals surface area contributed by atoms with Gasteiger partial charge in [0.2, 0.25) is 5.91 Å². The standard InChI is InChI=1S/C14H20N2O3S/c1-8-7-20-12(15-8)16-10(17)9-5-6-14(4,11(18)19)13(9,2)3/h7,9H,5-6H2,1-4H3,(H,18,19)(H,15,16,17)/t9-,14-/m0/s1. The molecular formula is C14H20N2O3S. The molecule has 1 aromatic rings. The fourth-order valence-corrected chi connectivity index (χ4v) is 3.64. The molecule has 1 heterocycles. The van der Waals surface area contributed by atoms with E-state index in [1.54, 1.807) is 6.92 Å². The van der Waals surface area contributed by atoms with E-state index in [4.69, 9.17) is 0 Å². The maximum Gasteiger partial charge on any atom is 0.309 e. The molecule has 1 saturated carbocycles. The van der Waals surface area contributed by atoms with Gasteiger partial charge in [-0.1, -0.05) is 13.8 Å². The summed E-state index contributed by atoms with van der Waals surface area (Å²) in [4.78, 5) is 28.2. The van der Waals surface area contributed by atoms with Crippen LogP contribution >= 0.6 is 11.3 Å². The summed E-state index contributed by atoms with van der Waals surface area (Å²) in [5.41, 5.74) is -0.588. The molecule has 2 atom stereocenters. The largest absolute Gasteiger partial charge is 0.481 e. The van der Waals surface area contributed by atoms with Crippen LogP contribution in [0.5, 0.6) is 0 Å². The summed E-state index contributed by atoms with van der Waals surface area (Å²) in [5, 5.41) is 14.7. The maximum atomic E-state index is 12.4. The van der Waals surface area contributed by atoms with Crippen molar-refractivity contribution in [1.82, 2.24) is 4.98 Å². The number of anilines is 1.